The van der Waals surface area contributed by atoms with Crippen molar-refractivity contribution in [3.63, 3.8) is 0 Å². The van der Waals surface area contributed by atoms with E-state index < -0.39 is 6.03 Å². The molecule has 0 unspecified atom stereocenters. The van der Waals surface area contributed by atoms with E-state index >= 15 is 0 Å². The Morgan fingerprint density at radius 1 is 1.09 bits per heavy atom. The second-order valence-corrected chi connectivity index (χ2v) is 5.06. The van der Waals surface area contributed by atoms with Gasteiger partial charge in [0.1, 0.15) is 11.5 Å². The summed E-state index contributed by atoms with van der Waals surface area (Å²) in [4.78, 5) is 22.3. The van der Waals surface area contributed by atoms with Gasteiger partial charge in [0.15, 0.2) is 0 Å². The number of nitrogens with one attached hydrogen (secondary N) is 2. The minimum atomic E-state index is -0.519. The summed E-state index contributed by atoms with van der Waals surface area (Å²) in [6.07, 6.45) is 2.88. The zero-order chi connectivity index (χ0) is 17.1. The van der Waals surface area contributed by atoms with E-state index in [1.54, 1.807) is 14.2 Å². The largest absolute Gasteiger partial charge is 0.497 e. The number of carbonyl (C=O) groups excluding carboxylic acids is 2. The van der Waals surface area contributed by atoms with Gasteiger partial charge in [-0.25, -0.2) is 4.79 Å². The van der Waals surface area contributed by atoms with Crippen LogP contribution in [-0.2, 0) is 11.3 Å². The second-order valence-electron chi connectivity index (χ2n) is 5.06. The number of amides is 3. The molecule has 1 aromatic carbocycles. The Labute approximate surface area is 136 Å². The fourth-order valence-corrected chi connectivity index (χ4v) is 2.10. The molecule has 7 nitrogen and oxygen atoms in total. The lowest BCUT2D eigenvalue weighted by Crippen LogP contribution is -2.30. The lowest BCUT2D eigenvalue weighted by molar-refractivity contribution is -0.121. The number of benzene rings is 1. The van der Waals surface area contributed by atoms with Gasteiger partial charge in [-0.3, -0.25) is 4.79 Å². The van der Waals surface area contributed by atoms with Gasteiger partial charge < -0.3 is 25.8 Å². The van der Waals surface area contributed by atoms with Crippen LogP contribution in [0.15, 0.2) is 18.2 Å². The number of hydrogen-bond acceptors (Lipinski definition) is 4. The number of urea groups is 1. The van der Waals surface area contributed by atoms with E-state index in [1.807, 2.05) is 18.2 Å². The third-order valence-electron chi connectivity index (χ3n) is 3.34. The molecule has 0 saturated heterocycles. The Morgan fingerprint density at radius 3 is 2.52 bits per heavy atom. The molecule has 0 spiro atoms. The second kappa shape index (κ2) is 10.3. The fraction of sp³-hybridized carbons (Fsp3) is 0.500. The van der Waals surface area contributed by atoms with Crippen molar-refractivity contribution in [1.29, 1.82) is 0 Å². The number of hydrogen-bond donors (Lipinski definition) is 3. The maximum absolute atomic E-state index is 11.8. The van der Waals surface area contributed by atoms with Crippen LogP contribution in [0.2, 0.25) is 0 Å². The first-order chi connectivity index (χ1) is 11.1. The summed E-state index contributed by atoms with van der Waals surface area (Å²) in [5.74, 6) is 1.42. The number of ether oxygens (including phenoxy) is 2. The lowest BCUT2D eigenvalue weighted by atomic mass is 10.1. The van der Waals surface area contributed by atoms with E-state index in [0.29, 0.717) is 25.3 Å². The molecule has 1 aromatic rings. The van der Waals surface area contributed by atoms with Gasteiger partial charge in [-0.1, -0.05) is 6.42 Å². The van der Waals surface area contributed by atoms with Crippen molar-refractivity contribution in [3.8, 4) is 11.5 Å². The minimum absolute atomic E-state index is 0.0160. The Morgan fingerprint density at radius 2 is 1.87 bits per heavy atom. The first-order valence-corrected chi connectivity index (χ1v) is 7.57. The van der Waals surface area contributed by atoms with E-state index in [-0.39, 0.29) is 5.91 Å². The number of unbranched alkanes of at least 4 members (excludes halogenated alkanes) is 2. The molecule has 128 valence electrons. The predicted molar refractivity (Wildman–Crippen MR) is 87.4 cm³/mol. The molecule has 0 aromatic heterocycles. The number of carbonyl (C=O) groups is 2. The Kier molecular flexibility index (Phi) is 8.34. The number of nitrogens with two attached hydrogens (primary N) is 1. The van der Waals surface area contributed by atoms with Gasteiger partial charge in [-0.05, 0) is 31.0 Å². The fourth-order valence-electron chi connectivity index (χ4n) is 2.10. The molecule has 0 saturated carbocycles. The van der Waals surface area contributed by atoms with E-state index in [4.69, 9.17) is 15.2 Å². The standard InChI is InChI=1S/C16H25N3O4/c1-22-13-7-8-14(23-2)12(10-13)11-19-15(20)6-4-3-5-9-18-16(17)21/h7-8,10H,3-6,9,11H2,1-2H3,(H,19,20)(H3,17,18,21). The van der Waals surface area contributed by atoms with Crippen LogP contribution in [0.5, 0.6) is 11.5 Å². The monoisotopic (exact) mass is 323 g/mol. The third kappa shape index (κ3) is 7.39. The average molecular weight is 323 g/mol. The molecule has 0 aliphatic carbocycles. The molecular weight excluding hydrogens is 298 g/mol. The molecule has 0 heterocycles. The molecule has 0 aliphatic heterocycles. The highest BCUT2D eigenvalue weighted by molar-refractivity contribution is 5.75. The molecule has 3 amide bonds. The topological polar surface area (TPSA) is 103 Å². The quantitative estimate of drug-likeness (QED) is 0.568. The van der Waals surface area contributed by atoms with Crippen LogP contribution in [0.1, 0.15) is 31.2 Å². The van der Waals surface area contributed by atoms with Crippen molar-refractivity contribution in [2.75, 3.05) is 20.8 Å². The molecule has 0 bridgehead atoms. The maximum Gasteiger partial charge on any atom is 0.312 e. The SMILES string of the molecule is COc1ccc(OC)c(CNC(=O)CCCCCNC(N)=O)c1. The van der Waals surface area contributed by atoms with Crippen LogP contribution in [-0.4, -0.2) is 32.7 Å². The molecule has 0 atom stereocenters. The highest BCUT2D eigenvalue weighted by Crippen LogP contribution is 2.23. The van der Waals surface area contributed by atoms with Crippen LogP contribution >= 0.6 is 0 Å². The summed E-state index contributed by atoms with van der Waals surface area (Å²) in [5.41, 5.74) is 5.83. The first kappa shape index (κ1) is 18.6. The van der Waals surface area contributed by atoms with Crippen molar-refractivity contribution in [3.05, 3.63) is 23.8 Å². The van der Waals surface area contributed by atoms with Gasteiger partial charge in [-0.2, -0.15) is 0 Å². The van der Waals surface area contributed by atoms with Crippen molar-refractivity contribution >= 4 is 11.9 Å². The third-order valence-corrected chi connectivity index (χ3v) is 3.34. The van der Waals surface area contributed by atoms with E-state index in [1.165, 1.54) is 0 Å². The van der Waals surface area contributed by atoms with Crippen LogP contribution < -0.4 is 25.8 Å². The normalized spacial score (nSPS) is 10.0. The average Bonchev–Trinajstić information content (AvgIpc) is 2.55. The zero-order valence-electron chi connectivity index (χ0n) is 13.7. The Bertz CT molecular complexity index is 520. The van der Waals surface area contributed by atoms with Crippen molar-refractivity contribution in [2.24, 2.45) is 5.73 Å². The number of methoxy groups -OCH3 is 2. The smallest absolute Gasteiger partial charge is 0.312 e. The predicted octanol–water partition coefficient (Wildman–Crippen LogP) is 1.55. The van der Waals surface area contributed by atoms with Crippen LogP contribution in [0.25, 0.3) is 0 Å². The van der Waals surface area contributed by atoms with Gasteiger partial charge >= 0.3 is 6.03 Å². The summed E-state index contributed by atoms with van der Waals surface area (Å²) in [6.45, 7) is 0.931. The lowest BCUT2D eigenvalue weighted by Gasteiger charge is -2.11. The maximum atomic E-state index is 11.8. The van der Waals surface area contributed by atoms with Crippen molar-refractivity contribution in [2.45, 2.75) is 32.2 Å². The number of primary amides is 1. The van der Waals surface area contributed by atoms with E-state index in [0.717, 1.165) is 30.6 Å². The summed E-state index contributed by atoms with van der Waals surface area (Å²) in [7, 11) is 3.19. The van der Waals surface area contributed by atoms with Crippen molar-refractivity contribution < 1.29 is 19.1 Å². The number of rotatable bonds is 10. The summed E-state index contributed by atoms with van der Waals surface area (Å²) in [5, 5.41) is 5.39. The van der Waals surface area contributed by atoms with Gasteiger partial charge in [0.05, 0.1) is 14.2 Å². The summed E-state index contributed by atoms with van der Waals surface area (Å²) < 4.78 is 10.4. The molecule has 0 radical (unpaired) electrons. The molecular formula is C16H25N3O4. The van der Waals surface area contributed by atoms with Gasteiger partial charge in [0.2, 0.25) is 5.91 Å². The molecule has 1 rings (SSSR count). The minimum Gasteiger partial charge on any atom is -0.497 e. The van der Waals surface area contributed by atoms with Gasteiger partial charge in [0.25, 0.3) is 0 Å². The molecule has 23 heavy (non-hydrogen) atoms. The van der Waals surface area contributed by atoms with E-state index in [2.05, 4.69) is 10.6 Å². The summed E-state index contributed by atoms with van der Waals surface area (Å²) >= 11 is 0. The Balaban J connectivity index is 2.29. The zero-order valence-corrected chi connectivity index (χ0v) is 13.7. The van der Waals surface area contributed by atoms with Crippen LogP contribution in [0.3, 0.4) is 0 Å². The molecule has 0 fully saturated rings. The highest BCUT2D eigenvalue weighted by atomic mass is 16.5. The first-order valence-electron chi connectivity index (χ1n) is 7.57. The van der Waals surface area contributed by atoms with E-state index in [9.17, 15) is 9.59 Å². The van der Waals surface area contributed by atoms with Gasteiger partial charge in [-0.15, -0.1) is 0 Å². The summed E-state index contributed by atoms with van der Waals surface area (Å²) in [6, 6.07) is 4.94. The molecule has 4 N–H and O–H groups in total. The molecule has 0 aliphatic rings. The van der Waals surface area contributed by atoms with Gasteiger partial charge in [0, 0.05) is 25.1 Å². The van der Waals surface area contributed by atoms with Crippen LogP contribution in [0, 0.1) is 0 Å². The highest BCUT2D eigenvalue weighted by Gasteiger charge is 2.07. The van der Waals surface area contributed by atoms with Crippen LogP contribution in [0.4, 0.5) is 4.79 Å². The van der Waals surface area contributed by atoms with Crippen molar-refractivity contribution in [1.82, 2.24) is 10.6 Å². The molecule has 7 heteroatoms. The Hall–Kier alpha value is -2.44.